The first kappa shape index (κ1) is 23.3. The van der Waals surface area contributed by atoms with Crippen LogP contribution in [0.3, 0.4) is 0 Å². The fraction of sp³-hybridized carbons (Fsp3) is 0.238. The summed E-state index contributed by atoms with van der Waals surface area (Å²) >= 11 is 0. The number of hydrogen-bond acceptors (Lipinski definition) is 4. The van der Waals surface area contributed by atoms with E-state index in [1.54, 1.807) is 32.8 Å². The summed E-state index contributed by atoms with van der Waals surface area (Å²) in [5.41, 5.74) is 2.84. The molecule has 0 saturated heterocycles. The topological polar surface area (TPSA) is 96.2 Å². The Morgan fingerprint density at radius 2 is 2.00 bits per heavy atom. The molecule has 3 N–H and O–H groups in total. The average Bonchev–Trinajstić information content (AvgIpc) is 3.31. The second-order valence-electron chi connectivity index (χ2n) is 6.37. The molecule has 30 heavy (non-hydrogen) atoms. The van der Waals surface area contributed by atoms with Gasteiger partial charge in [-0.1, -0.05) is 12.1 Å². The van der Waals surface area contributed by atoms with Gasteiger partial charge in [-0.25, -0.2) is 9.97 Å². The monoisotopic (exact) mass is 519 g/mol. The predicted molar refractivity (Wildman–Crippen MR) is 129 cm³/mol. The molecule has 0 aliphatic rings. The summed E-state index contributed by atoms with van der Waals surface area (Å²) in [6.07, 6.45) is 7.87. The summed E-state index contributed by atoms with van der Waals surface area (Å²) in [6, 6.07) is 11.6. The lowest BCUT2D eigenvalue weighted by Gasteiger charge is -2.13. The van der Waals surface area contributed by atoms with E-state index < -0.39 is 0 Å². The van der Waals surface area contributed by atoms with Gasteiger partial charge in [0.2, 0.25) is 0 Å². The molecule has 0 fully saturated rings. The zero-order valence-corrected chi connectivity index (χ0v) is 19.3. The number of carbonyl (C=O) groups is 1. The molecule has 0 aliphatic carbocycles. The summed E-state index contributed by atoms with van der Waals surface area (Å²) in [5.74, 6) is 1.46. The smallest absolute Gasteiger partial charge is 0.251 e. The van der Waals surface area contributed by atoms with Gasteiger partial charge in [-0.05, 0) is 41.8 Å². The lowest BCUT2D eigenvalue weighted by molar-refractivity contribution is 0.0963. The van der Waals surface area contributed by atoms with Crippen molar-refractivity contribution < 1.29 is 4.79 Å². The van der Waals surface area contributed by atoms with Gasteiger partial charge in [0.1, 0.15) is 12.1 Å². The van der Waals surface area contributed by atoms with Crippen LogP contribution in [0.15, 0.2) is 66.3 Å². The molecule has 0 saturated carbocycles. The maximum absolute atomic E-state index is 11.7. The van der Waals surface area contributed by atoms with Crippen LogP contribution in [0.5, 0.6) is 0 Å². The van der Waals surface area contributed by atoms with Crippen molar-refractivity contribution >= 4 is 35.8 Å². The molecular weight excluding hydrogens is 493 g/mol. The van der Waals surface area contributed by atoms with Gasteiger partial charge in [0, 0.05) is 51.3 Å². The largest absolute Gasteiger partial charge is 0.356 e. The number of carbonyl (C=O) groups excluding carboxylic acids is 1. The minimum absolute atomic E-state index is 0. The lowest BCUT2D eigenvalue weighted by atomic mass is 10.1. The minimum Gasteiger partial charge on any atom is -0.356 e. The average molecular weight is 519 g/mol. The molecule has 1 amide bonds. The van der Waals surface area contributed by atoms with Crippen LogP contribution in [-0.2, 0) is 13.0 Å². The highest BCUT2D eigenvalue weighted by atomic mass is 127. The maximum Gasteiger partial charge on any atom is 0.251 e. The molecule has 0 atom stereocenters. The Morgan fingerprint density at radius 3 is 2.73 bits per heavy atom. The summed E-state index contributed by atoms with van der Waals surface area (Å²) < 4.78 is 1.86. The van der Waals surface area contributed by atoms with Gasteiger partial charge in [0.25, 0.3) is 5.91 Å². The van der Waals surface area contributed by atoms with Gasteiger partial charge in [0.05, 0.1) is 0 Å². The molecule has 0 unspecified atom stereocenters. The number of imidazole rings is 1. The van der Waals surface area contributed by atoms with Crippen LogP contribution in [0.4, 0.5) is 0 Å². The molecular formula is C21H26IN7O. The van der Waals surface area contributed by atoms with E-state index in [0.29, 0.717) is 24.6 Å². The van der Waals surface area contributed by atoms with Gasteiger partial charge in [0.15, 0.2) is 5.96 Å². The Morgan fingerprint density at radius 1 is 1.13 bits per heavy atom. The Kier molecular flexibility index (Phi) is 9.26. The molecule has 2 heterocycles. The maximum atomic E-state index is 11.7. The van der Waals surface area contributed by atoms with E-state index in [9.17, 15) is 4.79 Å². The number of aliphatic imine (C=N–C) groups is 1. The van der Waals surface area contributed by atoms with E-state index in [0.717, 1.165) is 23.4 Å². The third-order valence-electron chi connectivity index (χ3n) is 4.38. The third-order valence-corrected chi connectivity index (χ3v) is 4.38. The minimum atomic E-state index is -0.0790. The number of hydrogen-bond donors (Lipinski definition) is 3. The number of benzene rings is 1. The Hall–Kier alpha value is -2.95. The number of guanidine groups is 1. The van der Waals surface area contributed by atoms with Gasteiger partial charge in [-0.3, -0.25) is 14.4 Å². The van der Waals surface area contributed by atoms with Crippen molar-refractivity contribution in [3.63, 3.8) is 0 Å². The molecule has 8 nitrogen and oxygen atoms in total. The standard InChI is InChI=1S/C21H25N7O.HI/c1-22-20(29)18-5-3-4-16(12-18)6-9-26-21(23-2)27-14-17-7-8-25-19(13-17)28-11-10-24-15-28;/h3-5,7-8,10-13,15H,6,9,14H2,1-2H3,(H,22,29)(H2,23,26,27);1H. The van der Waals surface area contributed by atoms with Crippen molar-refractivity contribution in [2.75, 3.05) is 20.6 Å². The van der Waals surface area contributed by atoms with E-state index in [2.05, 4.69) is 30.9 Å². The Bertz CT molecular complexity index is 973. The fourth-order valence-electron chi connectivity index (χ4n) is 2.85. The molecule has 3 rings (SSSR count). The van der Waals surface area contributed by atoms with Crippen molar-refractivity contribution in [1.82, 2.24) is 30.5 Å². The number of amides is 1. The molecule has 0 bridgehead atoms. The fourth-order valence-corrected chi connectivity index (χ4v) is 2.85. The van der Waals surface area contributed by atoms with Crippen LogP contribution >= 0.6 is 24.0 Å². The predicted octanol–water partition coefficient (Wildman–Crippen LogP) is 2.15. The van der Waals surface area contributed by atoms with Crippen molar-refractivity contribution in [3.05, 3.63) is 78.0 Å². The molecule has 9 heteroatoms. The van der Waals surface area contributed by atoms with Crippen LogP contribution in [0.2, 0.25) is 0 Å². The van der Waals surface area contributed by atoms with E-state index in [4.69, 9.17) is 0 Å². The number of aromatic nitrogens is 3. The van der Waals surface area contributed by atoms with E-state index >= 15 is 0 Å². The first-order valence-corrected chi connectivity index (χ1v) is 9.38. The highest BCUT2D eigenvalue weighted by molar-refractivity contribution is 14.0. The normalized spacial score (nSPS) is 10.8. The first-order chi connectivity index (χ1) is 14.2. The number of rotatable bonds is 7. The quantitative estimate of drug-likeness (QED) is 0.253. The summed E-state index contributed by atoms with van der Waals surface area (Å²) in [6.45, 7) is 1.32. The summed E-state index contributed by atoms with van der Waals surface area (Å²) in [4.78, 5) is 24.4. The molecule has 3 aromatic rings. The van der Waals surface area contributed by atoms with E-state index in [1.807, 2.05) is 47.2 Å². The number of nitrogens with one attached hydrogen (secondary N) is 3. The number of halogens is 1. The first-order valence-electron chi connectivity index (χ1n) is 9.38. The van der Waals surface area contributed by atoms with Gasteiger partial charge < -0.3 is 16.0 Å². The van der Waals surface area contributed by atoms with Crippen LogP contribution in [-0.4, -0.2) is 47.0 Å². The zero-order valence-electron chi connectivity index (χ0n) is 17.0. The Balaban J connectivity index is 0.00000320. The van der Waals surface area contributed by atoms with Crippen molar-refractivity contribution in [2.24, 2.45) is 4.99 Å². The second-order valence-corrected chi connectivity index (χ2v) is 6.37. The zero-order chi connectivity index (χ0) is 20.5. The molecule has 158 valence electrons. The van der Waals surface area contributed by atoms with Crippen LogP contribution in [0, 0.1) is 0 Å². The summed E-state index contributed by atoms with van der Waals surface area (Å²) in [5, 5.41) is 9.25. The van der Waals surface area contributed by atoms with Gasteiger partial charge >= 0.3 is 0 Å². The molecule has 1 aromatic carbocycles. The second kappa shape index (κ2) is 11.9. The third kappa shape index (κ3) is 6.55. The van der Waals surface area contributed by atoms with Gasteiger partial charge in [-0.2, -0.15) is 0 Å². The van der Waals surface area contributed by atoms with E-state index in [-0.39, 0.29) is 29.9 Å². The number of nitrogens with zero attached hydrogens (tertiary/aromatic N) is 4. The molecule has 2 aromatic heterocycles. The van der Waals surface area contributed by atoms with Crippen molar-refractivity contribution in [2.45, 2.75) is 13.0 Å². The Labute approximate surface area is 193 Å². The summed E-state index contributed by atoms with van der Waals surface area (Å²) in [7, 11) is 3.37. The van der Waals surface area contributed by atoms with Crippen LogP contribution < -0.4 is 16.0 Å². The van der Waals surface area contributed by atoms with Crippen molar-refractivity contribution in [3.8, 4) is 5.82 Å². The lowest BCUT2D eigenvalue weighted by Crippen LogP contribution is -2.37. The molecule has 0 spiro atoms. The SMILES string of the molecule is CN=C(NCCc1cccc(C(=O)NC)c1)NCc1ccnc(-n2ccnc2)c1.I. The van der Waals surface area contributed by atoms with Crippen LogP contribution in [0.25, 0.3) is 5.82 Å². The van der Waals surface area contributed by atoms with Gasteiger partial charge in [-0.15, -0.1) is 24.0 Å². The van der Waals surface area contributed by atoms with Crippen molar-refractivity contribution in [1.29, 1.82) is 0 Å². The molecule has 0 aliphatic heterocycles. The van der Waals surface area contributed by atoms with Crippen LogP contribution in [0.1, 0.15) is 21.5 Å². The molecule has 0 radical (unpaired) electrons. The number of pyridine rings is 1. The highest BCUT2D eigenvalue weighted by Crippen LogP contribution is 2.07. The van der Waals surface area contributed by atoms with E-state index in [1.165, 1.54) is 0 Å². The highest BCUT2D eigenvalue weighted by Gasteiger charge is 2.05.